The second kappa shape index (κ2) is 6.20. The van der Waals surface area contributed by atoms with Gasteiger partial charge in [0.15, 0.2) is 0 Å². The van der Waals surface area contributed by atoms with Crippen LogP contribution in [0.15, 0.2) is 22.9 Å². The maximum absolute atomic E-state index is 5.31. The Balaban J connectivity index is 2.66. The predicted octanol–water partition coefficient (Wildman–Crippen LogP) is 2.01. The van der Waals surface area contributed by atoms with E-state index in [1.807, 2.05) is 13.2 Å². The Kier molecular flexibility index (Phi) is 5.22. The van der Waals surface area contributed by atoms with E-state index in [1.54, 1.807) is 13.3 Å². The Hall–Kier alpha value is -0.450. The third-order valence-corrected chi connectivity index (χ3v) is 2.96. The molecule has 0 aromatic carbocycles. The van der Waals surface area contributed by atoms with Crippen molar-refractivity contribution >= 4 is 15.9 Å². The third kappa shape index (κ3) is 3.89. The molecule has 0 radical (unpaired) electrons. The number of rotatable bonds is 5. The monoisotopic (exact) mass is 272 g/mol. The Morgan fingerprint density at radius 1 is 1.53 bits per heavy atom. The molecule has 2 atom stereocenters. The van der Waals surface area contributed by atoms with Crippen LogP contribution in [0, 0.1) is 0 Å². The average Bonchev–Trinajstić information content (AvgIpc) is 2.25. The summed E-state index contributed by atoms with van der Waals surface area (Å²) in [6.07, 6.45) is 4.78. The Labute approximate surface area is 99.4 Å². The van der Waals surface area contributed by atoms with Crippen molar-refractivity contribution in [2.75, 3.05) is 14.2 Å². The molecule has 84 valence electrons. The van der Waals surface area contributed by atoms with E-state index in [1.165, 1.54) is 5.56 Å². The summed E-state index contributed by atoms with van der Waals surface area (Å²) in [6, 6.07) is 2.39. The van der Waals surface area contributed by atoms with Gasteiger partial charge < -0.3 is 10.1 Å². The van der Waals surface area contributed by atoms with Crippen molar-refractivity contribution in [2.45, 2.75) is 25.5 Å². The van der Waals surface area contributed by atoms with E-state index in [0.29, 0.717) is 6.04 Å². The van der Waals surface area contributed by atoms with Gasteiger partial charge in [-0.05, 0) is 48.0 Å². The molecule has 0 saturated carbocycles. The maximum atomic E-state index is 5.31. The van der Waals surface area contributed by atoms with Gasteiger partial charge in [0.25, 0.3) is 0 Å². The molecule has 4 heteroatoms. The molecule has 0 aliphatic rings. The van der Waals surface area contributed by atoms with E-state index in [9.17, 15) is 0 Å². The largest absolute Gasteiger partial charge is 0.380 e. The van der Waals surface area contributed by atoms with Crippen molar-refractivity contribution in [1.82, 2.24) is 10.3 Å². The number of halogens is 1. The van der Waals surface area contributed by atoms with Gasteiger partial charge in [0.05, 0.1) is 6.10 Å². The van der Waals surface area contributed by atoms with Crippen LogP contribution in [0.5, 0.6) is 0 Å². The van der Waals surface area contributed by atoms with E-state index in [-0.39, 0.29) is 6.10 Å². The lowest BCUT2D eigenvalue weighted by Crippen LogP contribution is -2.38. The number of aromatic nitrogens is 1. The average molecular weight is 273 g/mol. The van der Waals surface area contributed by atoms with Crippen LogP contribution in [0.1, 0.15) is 12.5 Å². The molecule has 1 heterocycles. The van der Waals surface area contributed by atoms with Gasteiger partial charge in [0, 0.05) is 30.0 Å². The maximum Gasteiger partial charge on any atom is 0.0699 e. The highest BCUT2D eigenvalue weighted by Gasteiger charge is 2.15. The number of pyridine rings is 1. The number of hydrogen-bond acceptors (Lipinski definition) is 3. The zero-order chi connectivity index (χ0) is 11.3. The van der Waals surface area contributed by atoms with Gasteiger partial charge in [0.2, 0.25) is 0 Å². The van der Waals surface area contributed by atoms with E-state index >= 15 is 0 Å². The van der Waals surface area contributed by atoms with E-state index in [4.69, 9.17) is 4.74 Å². The SMILES string of the molecule is CNC(Cc1cncc(Br)c1)C(C)OC. The van der Waals surface area contributed by atoms with Crippen LogP contribution in [0.4, 0.5) is 0 Å². The van der Waals surface area contributed by atoms with Gasteiger partial charge in [-0.1, -0.05) is 0 Å². The molecule has 3 nitrogen and oxygen atoms in total. The lowest BCUT2D eigenvalue weighted by molar-refractivity contribution is 0.0857. The van der Waals surface area contributed by atoms with Crippen LogP contribution < -0.4 is 5.32 Å². The fourth-order valence-corrected chi connectivity index (χ4v) is 1.90. The Morgan fingerprint density at radius 3 is 2.80 bits per heavy atom. The van der Waals surface area contributed by atoms with Crippen LogP contribution in [-0.4, -0.2) is 31.3 Å². The Morgan fingerprint density at radius 2 is 2.27 bits per heavy atom. The van der Waals surface area contributed by atoms with E-state index < -0.39 is 0 Å². The predicted molar refractivity (Wildman–Crippen MR) is 65.0 cm³/mol. The molecule has 1 N–H and O–H groups in total. The first-order valence-corrected chi connectivity index (χ1v) is 5.76. The van der Waals surface area contributed by atoms with Crippen LogP contribution in [-0.2, 0) is 11.2 Å². The van der Waals surface area contributed by atoms with Crippen LogP contribution in [0.25, 0.3) is 0 Å². The summed E-state index contributed by atoms with van der Waals surface area (Å²) in [4.78, 5) is 4.14. The van der Waals surface area contributed by atoms with Gasteiger partial charge >= 0.3 is 0 Å². The molecule has 1 aromatic rings. The van der Waals surface area contributed by atoms with Gasteiger partial charge in [-0.15, -0.1) is 0 Å². The number of nitrogens with one attached hydrogen (secondary N) is 1. The van der Waals surface area contributed by atoms with Gasteiger partial charge in [-0.2, -0.15) is 0 Å². The molecule has 0 aliphatic carbocycles. The summed E-state index contributed by atoms with van der Waals surface area (Å²) >= 11 is 3.41. The number of likely N-dealkylation sites (N-methyl/N-ethyl adjacent to an activating group) is 1. The summed E-state index contributed by atoms with van der Waals surface area (Å²) in [5, 5.41) is 3.25. The molecule has 0 saturated heterocycles. The fourth-order valence-electron chi connectivity index (χ4n) is 1.49. The second-order valence-electron chi connectivity index (χ2n) is 3.55. The topological polar surface area (TPSA) is 34.2 Å². The molecule has 0 bridgehead atoms. The minimum atomic E-state index is 0.189. The molecule has 1 aromatic heterocycles. The summed E-state index contributed by atoms with van der Waals surface area (Å²) in [5.41, 5.74) is 1.20. The highest BCUT2D eigenvalue weighted by Crippen LogP contribution is 2.12. The molecular weight excluding hydrogens is 256 g/mol. The minimum absolute atomic E-state index is 0.189. The zero-order valence-electron chi connectivity index (χ0n) is 9.33. The standard InChI is InChI=1S/C11H17BrN2O/c1-8(15-3)11(13-2)5-9-4-10(12)7-14-6-9/h4,6-8,11,13H,5H2,1-3H3. The number of ether oxygens (including phenoxy) is 1. The third-order valence-electron chi connectivity index (χ3n) is 2.53. The van der Waals surface area contributed by atoms with Crippen molar-refractivity contribution < 1.29 is 4.74 Å². The van der Waals surface area contributed by atoms with Crippen molar-refractivity contribution in [1.29, 1.82) is 0 Å². The summed E-state index contributed by atoms with van der Waals surface area (Å²) in [6.45, 7) is 2.06. The Bertz CT molecular complexity index is 306. The molecule has 15 heavy (non-hydrogen) atoms. The first-order valence-electron chi connectivity index (χ1n) is 4.97. The molecule has 1 rings (SSSR count). The van der Waals surface area contributed by atoms with Gasteiger partial charge in [0.1, 0.15) is 0 Å². The summed E-state index contributed by atoms with van der Waals surface area (Å²) in [7, 11) is 3.68. The fraction of sp³-hybridized carbons (Fsp3) is 0.545. The normalized spacial score (nSPS) is 14.9. The minimum Gasteiger partial charge on any atom is -0.380 e. The molecule has 2 unspecified atom stereocenters. The first-order chi connectivity index (χ1) is 7.17. The van der Waals surface area contributed by atoms with Crippen LogP contribution in [0.3, 0.4) is 0 Å². The molecular formula is C11H17BrN2O. The zero-order valence-corrected chi connectivity index (χ0v) is 10.9. The van der Waals surface area contributed by atoms with Crippen LogP contribution >= 0.6 is 15.9 Å². The number of nitrogens with zero attached hydrogens (tertiary/aromatic N) is 1. The van der Waals surface area contributed by atoms with Gasteiger partial charge in [-0.3, -0.25) is 4.98 Å². The molecule has 0 aliphatic heterocycles. The van der Waals surface area contributed by atoms with Gasteiger partial charge in [-0.25, -0.2) is 0 Å². The van der Waals surface area contributed by atoms with E-state index in [2.05, 4.69) is 39.2 Å². The van der Waals surface area contributed by atoms with Crippen molar-refractivity contribution in [2.24, 2.45) is 0 Å². The number of hydrogen-bond donors (Lipinski definition) is 1. The quantitative estimate of drug-likeness (QED) is 0.891. The number of methoxy groups -OCH3 is 1. The van der Waals surface area contributed by atoms with Crippen molar-refractivity contribution in [3.63, 3.8) is 0 Å². The first kappa shape index (κ1) is 12.6. The highest BCUT2D eigenvalue weighted by atomic mass is 79.9. The van der Waals surface area contributed by atoms with Crippen molar-refractivity contribution in [3.05, 3.63) is 28.5 Å². The van der Waals surface area contributed by atoms with Crippen molar-refractivity contribution in [3.8, 4) is 0 Å². The smallest absolute Gasteiger partial charge is 0.0699 e. The van der Waals surface area contributed by atoms with Crippen LogP contribution in [0.2, 0.25) is 0 Å². The summed E-state index contributed by atoms with van der Waals surface area (Å²) < 4.78 is 6.32. The highest BCUT2D eigenvalue weighted by molar-refractivity contribution is 9.10. The second-order valence-corrected chi connectivity index (χ2v) is 4.47. The lowest BCUT2D eigenvalue weighted by atomic mass is 10.0. The molecule has 0 fully saturated rings. The van der Waals surface area contributed by atoms with E-state index in [0.717, 1.165) is 10.9 Å². The lowest BCUT2D eigenvalue weighted by Gasteiger charge is -2.22. The molecule has 0 amide bonds. The summed E-state index contributed by atoms with van der Waals surface area (Å²) in [5.74, 6) is 0. The molecule has 0 spiro atoms.